The Morgan fingerprint density at radius 2 is 2.00 bits per heavy atom. The van der Waals surface area contributed by atoms with Crippen LogP contribution in [0, 0.1) is 12.7 Å². The van der Waals surface area contributed by atoms with Gasteiger partial charge in [-0.1, -0.05) is 6.07 Å². The van der Waals surface area contributed by atoms with Gasteiger partial charge in [0.25, 0.3) is 0 Å². The fraction of sp³-hybridized carbons (Fsp3) is 0.143. The molecule has 0 aliphatic carbocycles. The molecule has 0 saturated carbocycles. The summed E-state index contributed by atoms with van der Waals surface area (Å²) < 4.78 is 18.2. The minimum absolute atomic E-state index is 0.210. The fourth-order valence-electron chi connectivity index (χ4n) is 1.68. The second-order valence-corrected chi connectivity index (χ2v) is 3.99. The van der Waals surface area contributed by atoms with E-state index < -0.39 is 0 Å². The van der Waals surface area contributed by atoms with Gasteiger partial charge in [-0.25, -0.2) is 4.39 Å². The van der Waals surface area contributed by atoms with Gasteiger partial charge in [0.05, 0.1) is 7.11 Å². The lowest BCUT2D eigenvalue weighted by atomic mass is 10.1. The number of benzene rings is 2. The van der Waals surface area contributed by atoms with Crippen LogP contribution in [0.2, 0.25) is 0 Å². The highest BCUT2D eigenvalue weighted by Crippen LogP contribution is 2.27. The van der Waals surface area contributed by atoms with Crippen LogP contribution in [-0.2, 0) is 0 Å². The van der Waals surface area contributed by atoms with Crippen molar-refractivity contribution < 1.29 is 9.13 Å². The van der Waals surface area contributed by atoms with Gasteiger partial charge >= 0.3 is 0 Å². The van der Waals surface area contributed by atoms with E-state index in [1.54, 1.807) is 12.1 Å². The van der Waals surface area contributed by atoms with Gasteiger partial charge in [-0.05, 0) is 36.8 Å². The molecule has 0 aliphatic heterocycles. The molecule has 2 aromatic rings. The first-order valence-corrected chi connectivity index (χ1v) is 5.57. The number of hydrogen-bond donors (Lipinski definition) is 2. The molecule has 4 heteroatoms. The third kappa shape index (κ3) is 2.37. The van der Waals surface area contributed by atoms with Gasteiger partial charge in [0, 0.05) is 23.1 Å². The summed E-state index contributed by atoms with van der Waals surface area (Å²) in [5, 5.41) is 3.19. The summed E-state index contributed by atoms with van der Waals surface area (Å²) in [6, 6.07) is 10.2. The van der Waals surface area contributed by atoms with E-state index in [2.05, 4.69) is 5.32 Å². The van der Waals surface area contributed by atoms with Gasteiger partial charge in [0.1, 0.15) is 0 Å². The van der Waals surface area contributed by atoms with Crippen molar-refractivity contribution in [1.82, 2.24) is 0 Å². The highest BCUT2D eigenvalue weighted by Gasteiger charge is 2.05. The minimum Gasteiger partial charge on any atom is -0.494 e. The number of anilines is 3. The average Bonchev–Trinajstić information content (AvgIpc) is 2.37. The highest BCUT2D eigenvalue weighted by molar-refractivity contribution is 5.69. The number of nitrogen functional groups attached to an aromatic ring is 1. The van der Waals surface area contributed by atoms with Crippen LogP contribution in [0.3, 0.4) is 0 Å². The molecule has 0 saturated heterocycles. The molecular weight excluding hydrogens is 231 g/mol. The summed E-state index contributed by atoms with van der Waals surface area (Å²) in [5.74, 6) is -0.172. The number of nitrogens with two attached hydrogens (primary N) is 1. The summed E-state index contributed by atoms with van der Waals surface area (Å²) >= 11 is 0. The topological polar surface area (TPSA) is 47.3 Å². The molecule has 0 aromatic heterocycles. The van der Waals surface area contributed by atoms with Crippen LogP contribution >= 0.6 is 0 Å². The molecule has 18 heavy (non-hydrogen) atoms. The lowest BCUT2D eigenvalue weighted by molar-refractivity contribution is 0.387. The second-order valence-electron chi connectivity index (χ2n) is 3.99. The summed E-state index contributed by atoms with van der Waals surface area (Å²) in [7, 11) is 1.44. The van der Waals surface area contributed by atoms with E-state index in [1.807, 2.05) is 25.1 Å². The number of rotatable bonds is 3. The minimum atomic E-state index is -0.382. The van der Waals surface area contributed by atoms with E-state index in [4.69, 9.17) is 10.5 Å². The zero-order valence-electron chi connectivity index (χ0n) is 10.3. The van der Waals surface area contributed by atoms with Crippen LogP contribution in [0.15, 0.2) is 36.4 Å². The third-order valence-electron chi connectivity index (χ3n) is 2.81. The van der Waals surface area contributed by atoms with E-state index in [1.165, 1.54) is 13.2 Å². The first kappa shape index (κ1) is 12.2. The molecule has 0 radical (unpaired) electrons. The van der Waals surface area contributed by atoms with Gasteiger partial charge in [-0.3, -0.25) is 0 Å². The number of nitrogens with one attached hydrogen (secondary N) is 1. The van der Waals surface area contributed by atoms with Crippen LogP contribution in [0.1, 0.15) is 5.56 Å². The monoisotopic (exact) mass is 246 g/mol. The van der Waals surface area contributed by atoms with Crippen molar-refractivity contribution in [3.05, 3.63) is 47.8 Å². The quantitative estimate of drug-likeness (QED) is 0.815. The maximum Gasteiger partial charge on any atom is 0.165 e. The Hall–Kier alpha value is -2.23. The molecule has 3 N–H and O–H groups in total. The Balaban J connectivity index is 2.31. The molecule has 2 rings (SSSR count). The normalized spacial score (nSPS) is 10.2. The summed E-state index contributed by atoms with van der Waals surface area (Å²) in [4.78, 5) is 0. The summed E-state index contributed by atoms with van der Waals surface area (Å²) in [6.45, 7) is 1.93. The maximum absolute atomic E-state index is 13.3. The molecule has 0 unspecified atom stereocenters. The first-order chi connectivity index (χ1) is 8.61. The van der Waals surface area contributed by atoms with E-state index in [-0.39, 0.29) is 11.6 Å². The Labute approximate surface area is 105 Å². The second kappa shape index (κ2) is 4.96. The van der Waals surface area contributed by atoms with Crippen molar-refractivity contribution >= 4 is 17.1 Å². The van der Waals surface area contributed by atoms with E-state index in [0.29, 0.717) is 5.69 Å². The smallest absolute Gasteiger partial charge is 0.165 e. The Kier molecular flexibility index (Phi) is 3.37. The predicted molar refractivity (Wildman–Crippen MR) is 71.8 cm³/mol. The predicted octanol–water partition coefficient (Wildman–Crippen LogP) is 3.47. The number of halogens is 1. The van der Waals surface area contributed by atoms with E-state index in [0.717, 1.165) is 16.9 Å². The number of ether oxygens (including phenoxy) is 1. The molecule has 0 atom stereocenters. The van der Waals surface area contributed by atoms with Gasteiger partial charge in [0.15, 0.2) is 11.6 Å². The number of methoxy groups -OCH3 is 1. The zero-order chi connectivity index (χ0) is 13.1. The largest absolute Gasteiger partial charge is 0.494 e. The Bertz CT molecular complexity index is 570. The van der Waals surface area contributed by atoms with Gasteiger partial charge in [-0.2, -0.15) is 0 Å². The summed E-state index contributed by atoms with van der Waals surface area (Å²) in [6.07, 6.45) is 0. The number of hydrogen-bond acceptors (Lipinski definition) is 3. The van der Waals surface area contributed by atoms with Crippen molar-refractivity contribution in [2.45, 2.75) is 6.92 Å². The van der Waals surface area contributed by atoms with E-state index >= 15 is 0 Å². The molecule has 94 valence electrons. The lowest BCUT2D eigenvalue weighted by Gasteiger charge is -2.12. The molecule has 0 spiro atoms. The molecule has 0 fully saturated rings. The van der Waals surface area contributed by atoms with Crippen LogP contribution in [-0.4, -0.2) is 7.11 Å². The van der Waals surface area contributed by atoms with E-state index in [9.17, 15) is 4.39 Å². The zero-order valence-corrected chi connectivity index (χ0v) is 10.3. The van der Waals surface area contributed by atoms with Gasteiger partial charge in [0.2, 0.25) is 0 Å². The average molecular weight is 246 g/mol. The molecule has 2 aromatic carbocycles. The van der Waals surface area contributed by atoms with Crippen LogP contribution in [0.4, 0.5) is 21.5 Å². The van der Waals surface area contributed by atoms with Crippen molar-refractivity contribution in [3.8, 4) is 5.75 Å². The van der Waals surface area contributed by atoms with Gasteiger partial charge < -0.3 is 15.8 Å². The van der Waals surface area contributed by atoms with Crippen LogP contribution in [0.25, 0.3) is 0 Å². The molecular formula is C14H15FN2O. The maximum atomic E-state index is 13.3. The van der Waals surface area contributed by atoms with Crippen LogP contribution < -0.4 is 15.8 Å². The van der Waals surface area contributed by atoms with Crippen molar-refractivity contribution in [3.63, 3.8) is 0 Å². The molecule has 3 nitrogen and oxygen atoms in total. The fourth-order valence-corrected chi connectivity index (χ4v) is 1.68. The molecule has 0 aliphatic rings. The SMILES string of the molecule is COc1cc(Nc2cccc(N)c2C)ccc1F. The van der Waals surface area contributed by atoms with Crippen molar-refractivity contribution in [1.29, 1.82) is 0 Å². The standard InChI is InChI=1S/C14H15FN2O/c1-9-12(16)4-3-5-13(9)17-10-6-7-11(15)14(8-10)18-2/h3-8,17H,16H2,1-2H3. The molecule has 0 bridgehead atoms. The molecule has 0 heterocycles. The summed E-state index contributed by atoms with van der Waals surface area (Å²) in [5.41, 5.74) is 9.15. The van der Waals surface area contributed by atoms with Crippen molar-refractivity contribution in [2.75, 3.05) is 18.2 Å². The molecule has 0 amide bonds. The lowest BCUT2D eigenvalue weighted by Crippen LogP contribution is -1.98. The Morgan fingerprint density at radius 1 is 1.22 bits per heavy atom. The Morgan fingerprint density at radius 3 is 2.72 bits per heavy atom. The first-order valence-electron chi connectivity index (χ1n) is 5.57. The highest BCUT2D eigenvalue weighted by atomic mass is 19.1. The van der Waals surface area contributed by atoms with Crippen molar-refractivity contribution in [2.24, 2.45) is 0 Å². The van der Waals surface area contributed by atoms with Crippen LogP contribution in [0.5, 0.6) is 5.75 Å². The van der Waals surface area contributed by atoms with Gasteiger partial charge in [-0.15, -0.1) is 0 Å². The third-order valence-corrected chi connectivity index (χ3v) is 2.81.